The first-order valence-corrected chi connectivity index (χ1v) is 11.5. The summed E-state index contributed by atoms with van der Waals surface area (Å²) in [5.74, 6) is 2.52. The highest BCUT2D eigenvalue weighted by molar-refractivity contribution is 6.04. The van der Waals surface area contributed by atoms with Crippen LogP contribution in [-0.2, 0) is 4.79 Å². The van der Waals surface area contributed by atoms with Crippen LogP contribution in [-0.4, -0.2) is 82.7 Å². The molecule has 0 radical (unpaired) electrons. The minimum absolute atomic E-state index is 0.138. The zero-order valence-corrected chi connectivity index (χ0v) is 18.7. The normalized spacial score (nSPS) is 23.0. The summed E-state index contributed by atoms with van der Waals surface area (Å²) in [4.78, 5) is 36.1. The van der Waals surface area contributed by atoms with Crippen LogP contribution in [0.5, 0.6) is 0 Å². The maximum Gasteiger partial charge on any atom is 0.249 e. The number of hydrogen-bond donors (Lipinski definition) is 0. The molecule has 0 N–H and O–H groups in total. The van der Waals surface area contributed by atoms with E-state index in [-0.39, 0.29) is 11.9 Å². The summed E-state index contributed by atoms with van der Waals surface area (Å²) in [6.45, 7) is 5.98. The monoisotopic (exact) mass is 424 g/mol. The first-order valence-electron chi connectivity index (χ1n) is 11.5. The van der Waals surface area contributed by atoms with Crippen molar-refractivity contribution in [3.63, 3.8) is 0 Å². The number of nitrogens with zero attached hydrogens (tertiary/aromatic N) is 8. The lowest BCUT2D eigenvalue weighted by atomic mass is 10.0. The van der Waals surface area contributed by atoms with Crippen molar-refractivity contribution in [1.82, 2.24) is 24.4 Å². The molecule has 166 valence electrons. The Morgan fingerprint density at radius 3 is 2.52 bits per heavy atom. The Balaban J connectivity index is 1.55. The topological polar surface area (TPSA) is 73.6 Å². The maximum absolute atomic E-state index is 13.1. The summed E-state index contributed by atoms with van der Waals surface area (Å²) in [5, 5.41) is 0. The zero-order chi connectivity index (χ0) is 21.5. The SMILES string of the molecule is CC[C@@H]1C(=O)N(C)c2cnc(-n3ccnc3N3CCN(C)CC3)nc2N1C1CCCC1. The van der Waals surface area contributed by atoms with Crippen LogP contribution in [0.4, 0.5) is 17.5 Å². The van der Waals surface area contributed by atoms with Crippen LogP contribution in [0.15, 0.2) is 18.6 Å². The Bertz CT molecular complexity index is 945. The molecule has 5 rings (SSSR count). The van der Waals surface area contributed by atoms with Crippen molar-refractivity contribution in [2.24, 2.45) is 0 Å². The number of fused-ring (bicyclic) bond motifs is 1. The fraction of sp³-hybridized carbons (Fsp3) is 0.636. The number of anilines is 3. The fourth-order valence-electron chi connectivity index (χ4n) is 5.18. The first-order chi connectivity index (χ1) is 15.1. The molecule has 1 aliphatic carbocycles. The lowest BCUT2D eigenvalue weighted by Crippen LogP contribution is -2.55. The molecule has 0 unspecified atom stereocenters. The van der Waals surface area contributed by atoms with Gasteiger partial charge in [0.15, 0.2) is 5.82 Å². The average molecular weight is 425 g/mol. The summed E-state index contributed by atoms with van der Waals surface area (Å²) in [6, 6.07) is 0.201. The molecule has 1 amide bonds. The van der Waals surface area contributed by atoms with Gasteiger partial charge in [0.25, 0.3) is 0 Å². The molecule has 1 saturated carbocycles. The number of hydrogen-bond acceptors (Lipinski definition) is 7. The molecule has 0 bridgehead atoms. The molecule has 3 aliphatic rings. The molecular weight excluding hydrogens is 392 g/mol. The summed E-state index contributed by atoms with van der Waals surface area (Å²) < 4.78 is 1.98. The zero-order valence-electron chi connectivity index (χ0n) is 18.7. The van der Waals surface area contributed by atoms with E-state index in [2.05, 4.69) is 38.6 Å². The van der Waals surface area contributed by atoms with Gasteiger partial charge in [-0.2, -0.15) is 4.98 Å². The number of likely N-dealkylation sites (N-methyl/N-ethyl adjacent to an activating group) is 2. The van der Waals surface area contributed by atoms with Crippen LogP contribution in [0.3, 0.4) is 0 Å². The summed E-state index contributed by atoms with van der Waals surface area (Å²) >= 11 is 0. The second-order valence-corrected chi connectivity index (χ2v) is 8.93. The van der Waals surface area contributed by atoms with Crippen LogP contribution < -0.4 is 14.7 Å². The van der Waals surface area contributed by atoms with E-state index < -0.39 is 0 Å². The number of rotatable bonds is 4. The highest BCUT2D eigenvalue weighted by Gasteiger charge is 2.41. The average Bonchev–Trinajstić information content (AvgIpc) is 3.48. The van der Waals surface area contributed by atoms with E-state index in [0.29, 0.717) is 12.0 Å². The van der Waals surface area contributed by atoms with E-state index >= 15 is 0 Å². The minimum atomic E-state index is -0.164. The second-order valence-electron chi connectivity index (χ2n) is 8.93. The molecule has 2 aromatic heterocycles. The van der Waals surface area contributed by atoms with Gasteiger partial charge >= 0.3 is 0 Å². The lowest BCUT2D eigenvalue weighted by Gasteiger charge is -2.43. The van der Waals surface area contributed by atoms with E-state index in [0.717, 1.165) is 62.9 Å². The van der Waals surface area contributed by atoms with E-state index in [1.807, 2.05) is 24.0 Å². The molecule has 2 aliphatic heterocycles. The van der Waals surface area contributed by atoms with Crippen molar-refractivity contribution in [2.75, 3.05) is 55.0 Å². The molecule has 9 nitrogen and oxygen atoms in total. The van der Waals surface area contributed by atoms with Crippen molar-refractivity contribution in [3.8, 4) is 5.95 Å². The highest BCUT2D eigenvalue weighted by atomic mass is 16.2. The van der Waals surface area contributed by atoms with Crippen molar-refractivity contribution < 1.29 is 4.79 Å². The van der Waals surface area contributed by atoms with Crippen molar-refractivity contribution in [3.05, 3.63) is 18.6 Å². The van der Waals surface area contributed by atoms with Gasteiger partial charge in [0.1, 0.15) is 11.7 Å². The van der Waals surface area contributed by atoms with E-state index in [9.17, 15) is 4.79 Å². The van der Waals surface area contributed by atoms with E-state index in [1.165, 1.54) is 12.8 Å². The van der Waals surface area contributed by atoms with Crippen molar-refractivity contribution >= 4 is 23.4 Å². The number of imidazole rings is 1. The van der Waals surface area contributed by atoms with Crippen LogP contribution in [0.1, 0.15) is 39.0 Å². The fourth-order valence-corrected chi connectivity index (χ4v) is 5.18. The molecule has 0 aromatic carbocycles. The number of piperazine rings is 1. The lowest BCUT2D eigenvalue weighted by molar-refractivity contribution is -0.120. The molecule has 9 heteroatoms. The third kappa shape index (κ3) is 3.44. The number of amides is 1. The molecule has 1 atom stereocenters. The number of carbonyl (C=O) groups is 1. The van der Waals surface area contributed by atoms with Crippen molar-refractivity contribution in [1.29, 1.82) is 0 Å². The third-order valence-electron chi connectivity index (χ3n) is 7.02. The van der Waals surface area contributed by atoms with Gasteiger partial charge < -0.3 is 19.6 Å². The first kappa shape index (κ1) is 20.2. The Hall–Kier alpha value is -2.68. The van der Waals surface area contributed by atoms with Crippen LogP contribution in [0.25, 0.3) is 5.95 Å². The van der Waals surface area contributed by atoms with Gasteiger partial charge in [0, 0.05) is 51.7 Å². The summed E-state index contributed by atoms with van der Waals surface area (Å²) in [6.07, 6.45) is 11.0. The molecule has 1 saturated heterocycles. The Morgan fingerprint density at radius 1 is 1.06 bits per heavy atom. The van der Waals surface area contributed by atoms with Gasteiger partial charge in [-0.25, -0.2) is 9.97 Å². The Labute approximate surface area is 183 Å². The van der Waals surface area contributed by atoms with Crippen LogP contribution in [0, 0.1) is 0 Å². The minimum Gasteiger partial charge on any atom is -0.340 e. The molecule has 2 fully saturated rings. The quantitative estimate of drug-likeness (QED) is 0.742. The summed E-state index contributed by atoms with van der Waals surface area (Å²) in [7, 11) is 3.99. The largest absolute Gasteiger partial charge is 0.340 e. The molecular formula is C22H32N8O. The predicted octanol–water partition coefficient (Wildman–Crippen LogP) is 1.92. The van der Waals surface area contributed by atoms with E-state index in [1.54, 1.807) is 11.1 Å². The second kappa shape index (κ2) is 8.11. The van der Waals surface area contributed by atoms with Gasteiger partial charge in [-0.1, -0.05) is 19.8 Å². The maximum atomic E-state index is 13.1. The van der Waals surface area contributed by atoms with Crippen molar-refractivity contribution in [2.45, 2.75) is 51.1 Å². The Kier molecular flexibility index (Phi) is 5.29. The molecule has 0 spiro atoms. The van der Waals surface area contributed by atoms with E-state index in [4.69, 9.17) is 4.98 Å². The van der Waals surface area contributed by atoms with Crippen LogP contribution >= 0.6 is 0 Å². The number of carbonyl (C=O) groups excluding carboxylic acids is 1. The summed E-state index contributed by atoms with van der Waals surface area (Å²) in [5.41, 5.74) is 0.798. The van der Waals surface area contributed by atoms with Crippen LogP contribution in [0.2, 0.25) is 0 Å². The number of aromatic nitrogens is 4. The van der Waals surface area contributed by atoms with Gasteiger partial charge in [-0.15, -0.1) is 0 Å². The molecule has 4 heterocycles. The predicted molar refractivity (Wildman–Crippen MR) is 121 cm³/mol. The smallest absolute Gasteiger partial charge is 0.249 e. The van der Waals surface area contributed by atoms with Gasteiger partial charge in [0.05, 0.1) is 6.20 Å². The standard InChI is InChI=1S/C22H32N8O/c1-4-17-20(31)27(3)18-15-24-21(25-19(18)30(17)16-7-5-6-8-16)29-10-9-23-22(29)28-13-11-26(2)12-14-28/h9-10,15-17H,4-8,11-14H2,1-3H3/t17-/m1/s1. The highest BCUT2D eigenvalue weighted by Crippen LogP contribution is 2.39. The van der Waals surface area contributed by atoms with Gasteiger partial charge in [-0.05, 0) is 26.3 Å². The molecule has 2 aromatic rings. The molecule has 31 heavy (non-hydrogen) atoms. The van der Waals surface area contributed by atoms with Gasteiger partial charge in [-0.3, -0.25) is 9.36 Å². The third-order valence-corrected chi connectivity index (χ3v) is 7.02. The van der Waals surface area contributed by atoms with Gasteiger partial charge in [0.2, 0.25) is 17.8 Å². The Morgan fingerprint density at radius 2 is 1.81 bits per heavy atom.